The monoisotopic (exact) mass is 505 g/mol. The molecule has 0 radical (unpaired) electrons. The quantitative estimate of drug-likeness (QED) is 0.116. The van der Waals surface area contributed by atoms with Gasteiger partial charge in [-0.15, -0.1) is 0 Å². The van der Waals surface area contributed by atoms with E-state index in [-0.39, 0.29) is 18.8 Å². The maximum absolute atomic E-state index is 12.9. The van der Waals surface area contributed by atoms with Gasteiger partial charge in [0.15, 0.2) is 0 Å². The smallest absolute Gasteiger partial charge is 0.326 e. The number of carbonyl (C=O) groups is 5. The van der Waals surface area contributed by atoms with Gasteiger partial charge >= 0.3 is 11.9 Å². The van der Waals surface area contributed by atoms with Gasteiger partial charge in [0, 0.05) is 0 Å². The summed E-state index contributed by atoms with van der Waals surface area (Å²) in [5, 5.41) is 25.7. The Morgan fingerprint density at radius 2 is 1.41 bits per heavy atom. The number of amides is 3. The SMILES string of the molecule is CSCCC(NC(=O)C(N)CC(C)C)C(=O)NC(CC(=O)O)C(=O)NC(CCCCN)C(=O)O. The van der Waals surface area contributed by atoms with E-state index in [0.29, 0.717) is 31.6 Å². The third-order valence-corrected chi connectivity index (χ3v) is 5.52. The van der Waals surface area contributed by atoms with Crippen molar-refractivity contribution >= 4 is 41.4 Å². The zero-order valence-electron chi connectivity index (χ0n) is 20.0. The van der Waals surface area contributed by atoms with Crippen LogP contribution < -0.4 is 27.4 Å². The third kappa shape index (κ3) is 13.4. The van der Waals surface area contributed by atoms with Gasteiger partial charge in [0.05, 0.1) is 12.5 Å². The van der Waals surface area contributed by atoms with Crippen molar-refractivity contribution in [3.05, 3.63) is 0 Å². The zero-order valence-corrected chi connectivity index (χ0v) is 20.9. The highest BCUT2D eigenvalue weighted by molar-refractivity contribution is 7.98. The van der Waals surface area contributed by atoms with Crippen molar-refractivity contribution in [2.75, 3.05) is 18.6 Å². The van der Waals surface area contributed by atoms with Crippen LogP contribution in [-0.2, 0) is 24.0 Å². The molecule has 0 spiro atoms. The minimum Gasteiger partial charge on any atom is -0.481 e. The highest BCUT2D eigenvalue weighted by atomic mass is 32.2. The molecule has 12 nitrogen and oxygen atoms in total. The Hall–Kier alpha value is -2.38. The second-order valence-corrected chi connectivity index (χ2v) is 9.41. The molecule has 9 N–H and O–H groups in total. The van der Waals surface area contributed by atoms with Crippen molar-refractivity contribution < 1.29 is 34.2 Å². The summed E-state index contributed by atoms with van der Waals surface area (Å²) in [6, 6.07) is -4.65. The molecule has 4 atom stereocenters. The molecule has 0 aromatic carbocycles. The summed E-state index contributed by atoms with van der Waals surface area (Å²) in [6.45, 7) is 4.17. The number of hydrogen-bond donors (Lipinski definition) is 7. The molecule has 3 amide bonds. The van der Waals surface area contributed by atoms with Gasteiger partial charge in [-0.1, -0.05) is 13.8 Å². The summed E-state index contributed by atoms with van der Waals surface area (Å²) in [5.41, 5.74) is 11.3. The largest absolute Gasteiger partial charge is 0.481 e. The Morgan fingerprint density at radius 1 is 0.853 bits per heavy atom. The van der Waals surface area contributed by atoms with Gasteiger partial charge in [-0.3, -0.25) is 19.2 Å². The van der Waals surface area contributed by atoms with Crippen LogP contribution in [0.3, 0.4) is 0 Å². The number of carboxylic acid groups (broad SMARTS) is 2. The molecule has 34 heavy (non-hydrogen) atoms. The number of nitrogens with two attached hydrogens (primary N) is 2. The predicted molar refractivity (Wildman–Crippen MR) is 129 cm³/mol. The fourth-order valence-corrected chi connectivity index (χ4v) is 3.55. The summed E-state index contributed by atoms with van der Waals surface area (Å²) in [4.78, 5) is 60.7. The summed E-state index contributed by atoms with van der Waals surface area (Å²) in [6.07, 6.45) is 2.81. The van der Waals surface area contributed by atoms with Crippen LogP contribution in [0, 0.1) is 5.92 Å². The van der Waals surface area contributed by atoms with Crippen LogP contribution in [0.15, 0.2) is 0 Å². The molecule has 0 aliphatic heterocycles. The molecule has 0 saturated heterocycles. The number of carbonyl (C=O) groups excluding carboxylic acids is 3. The van der Waals surface area contributed by atoms with Crippen molar-refractivity contribution in [2.45, 2.75) is 76.5 Å². The van der Waals surface area contributed by atoms with Gasteiger partial charge in [-0.25, -0.2) is 4.79 Å². The molecule has 0 rings (SSSR count). The highest BCUT2D eigenvalue weighted by Crippen LogP contribution is 2.07. The van der Waals surface area contributed by atoms with Crippen LogP contribution >= 0.6 is 11.8 Å². The Labute approximate surface area is 204 Å². The summed E-state index contributed by atoms with van der Waals surface area (Å²) < 4.78 is 0. The average Bonchev–Trinajstić information content (AvgIpc) is 2.74. The molecule has 0 aromatic rings. The Kier molecular flexibility index (Phi) is 15.9. The Morgan fingerprint density at radius 3 is 1.91 bits per heavy atom. The predicted octanol–water partition coefficient (Wildman–Crippen LogP) is -0.744. The van der Waals surface area contributed by atoms with E-state index in [1.165, 1.54) is 11.8 Å². The van der Waals surface area contributed by atoms with Gasteiger partial charge < -0.3 is 37.6 Å². The van der Waals surface area contributed by atoms with E-state index in [1.807, 2.05) is 20.1 Å². The maximum atomic E-state index is 12.9. The number of hydrogen-bond acceptors (Lipinski definition) is 8. The Bertz CT molecular complexity index is 692. The first-order valence-corrected chi connectivity index (χ1v) is 12.6. The minimum absolute atomic E-state index is 0.103. The number of aliphatic carboxylic acids is 2. The van der Waals surface area contributed by atoms with Crippen LogP contribution in [0.25, 0.3) is 0 Å². The molecule has 196 valence electrons. The molecule has 0 aliphatic rings. The fraction of sp³-hybridized carbons (Fsp3) is 0.762. The molecule has 0 heterocycles. The van der Waals surface area contributed by atoms with Crippen molar-refractivity contribution in [3.63, 3.8) is 0 Å². The lowest BCUT2D eigenvalue weighted by atomic mass is 10.0. The molecule has 0 saturated carbocycles. The van der Waals surface area contributed by atoms with Crippen LogP contribution in [0.1, 0.15) is 52.4 Å². The second-order valence-electron chi connectivity index (χ2n) is 8.42. The van der Waals surface area contributed by atoms with Gasteiger partial charge in [-0.05, 0) is 56.6 Å². The number of nitrogens with one attached hydrogen (secondary N) is 3. The normalized spacial score (nSPS) is 14.5. The first-order valence-electron chi connectivity index (χ1n) is 11.2. The standard InChI is InChI=1S/C21H39N5O7S/c1-12(2)10-13(23)18(29)24-14(7-9-34-3)19(30)26-16(11-17(27)28)20(31)25-15(21(32)33)6-4-5-8-22/h12-16H,4-11,22-23H2,1-3H3,(H,24,29)(H,25,31)(H,26,30)(H,27,28)(H,32,33). The molecule has 4 unspecified atom stereocenters. The molecular formula is C21H39N5O7S. The fourth-order valence-electron chi connectivity index (χ4n) is 3.08. The number of rotatable bonds is 18. The van der Waals surface area contributed by atoms with E-state index in [1.54, 1.807) is 0 Å². The maximum Gasteiger partial charge on any atom is 0.326 e. The van der Waals surface area contributed by atoms with Crippen LogP contribution in [-0.4, -0.2) is 82.6 Å². The topological polar surface area (TPSA) is 214 Å². The molecular weight excluding hydrogens is 466 g/mol. The molecule has 0 bridgehead atoms. The van der Waals surface area contributed by atoms with Crippen LogP contribution in [0.2, 0.25) is 0 Å². The number of carboxylic acids is 2. The van der Waals surface area contributed by atoms with E-state index in [0.717, 1.165) is 0 Å². The van der Waals surface area contributed by atoms with E-state index >= 15 is 0 Å². The van der Waals surface area contributed by atoms with Crippen LogP contribution in [0.5, 0.6) is 0 Å². The average molecular weight is 506 g/mol. The molecule has 0 aliphatic carbocycles. The zero-order chi connectivity index (χ0) is 26.3. The molecule has 0 aromatic heterocycles. The second kappa shape index (κ2) is 17.1. The summed E-state index contributed by atoms with van der Waals surface area (Å²) in [5.74, 6) is -4.20. The lowest BCUT2D eigenvalue weighted by molar-refractivity contribution is -0.143. The van der Waals surface area contributed by atoms with Crippen molar-refractivity contribution in [2.24, 2.45) is 17.4 Å². The lowest BCUT2D eigenvalue weighted by Crippen LogP contribution is -2.57. The Balaban J connectivity index is 5.42. The molecule has 0 fully saturated rings. The first kappa shape index (κ1) is 31.6. The minimum atomic E-state index is -1.53. The lowest BCUT2D eigenvalue weighted by Gasteiger charge is -2.25. The van der Waals surface area contributed by atoms with Gasteiger partial charge in [0.2, 0.25) is 17.7 Å². The summed E-state index contributed by atoms with van der Waals surface area (Å²) in [7, 11) is 0. The van der Waals surface area contributed by atoms with Crippen LogP contribution in [0.4, 0.5) is 0 Å². The number of thioether (sulfide) groups is 1. The summed E-state index contributed by atoms with van der Waals surface area (Å²) >= 11 is 1.44. The van der Waals surface area contributed by atoms with Gasteiger partial charge in [0.25, 0.3) is 0 Å². The van der Waals surface area contributed by atoms with Gasteiger partial charge in [0.1, 0.15) is 18.1 Å². The highest BCUT2D eigenvalue weighted by Gasteiger charge is 2.31. The van der Waals surface area contributed by atoms with E-state index in [4.69, 9.17) is 11.5 Å². The van der Waals surface area contributed by atoms with Crippen molar-refractivity contribution in [1.29, 1.82) is 0 Å². The molecule has 13 heteroatoms. The van der Waals surface area contributed by atoms with Gasteiger partial charge in [-0.2, -0.15) is 11.8 Å². The van der Waals surface area contributed by atoms with Crippen molar-refractivity contribution in [1.82, 2.24) is 16.0 Å². The van der Waals surface area contributed by atoms with E-state index in [2.05, 4.69) is 16.0 Å². The van der Waals surface area contributed by atoms with E-state index in [9.17, 15) is 34.2 Å². The third-order valence-electron chi connectivity index (χ3n) is 4.88. The van der Waals surface area contributed by atoms with Crippen molar-refractivity contribution in [3.8, 4) is 0 Å². The number of unbranched alkanes of at least 4 members (excludes halogenated alkanes) is 1. The van der Waals surface area contributed by atoms with E-state index < -0.39 is 60.2 Å². The first-order chi connectivity index (χ1) is 15.9.